The Morgan fingerprint density at radius 2 is 1.96 bits per heavy atom. The highest BCUT2D eigenvalue weighted by molar-refractivity contribution is 5.96. The van der Waals surface area contributed by atoms with E-state index in [1.165, 1.54) is 0 Å². The summed E-state index contributed by atoms with van der Waals surface area (Å²) >= 11 is 0. The lowest BCUT2D eigenvalue weighted by Crippen LogP contribution is -2.44. The molecule has 1 aromatic carbocycles. The average Bonchev–Trinajstić information content (AvgIpc) is 2.60. The van der Waals surface area contributed by atoms with Crippen molar-refractivity contribution in [2.75, 3.05) is 38.6 Å². The first-order valence-electron chi connectivity index (χ1n) is 8.08. The Hall–Kier alpha value is -1.79. The molecule has 2 amide bonds. The van der Waals surface area contributed by atoms with E-state index in [1.807, 2.05) is 19.1 Å². The molecular formula is C17H26ClN3O3. The molecule has 7 heteroatoms. The molecule has 134 valence electrons. The van der Waals surface area contributed by atoms with Crippen LogP contribution in [0.25, 0.3) is 0 Å². The standard InChI is InChI=1S/C17H25N3O3.ClH/c1-3-20(17(22)13-8-10-18-11-9-13)12-16(21)19-14-6-4-5-7-15(14)23-2;/h4-7,13,18H,3,8-12H2,1-2H3,(H,19,21);1H. The molecule has 0 atom stereocenters. The number of ether oxygens (including phenoxy) is 1. The van der Waals surface area contributed by atoms with Crippen molar-refractivity contribution in [3.63, 3.8) is 0 Å². The number of methoxy groups -OCH3 is 1. The van der Waals surface area contributed by atoms with E-state index in [2.05, 4.69) is 10.6 Å². The molecule has 1 fully saturated rings. The van der Waals surface area contributed by atoms with Gasteiger partial charge in [-0.05, 0) is 45.0 Å². The van der Waals surface area contributed by atoms with E-state index in [9.17, 15) is 9.59 Å². The lowest BCUT2D eigenvalue weighted by atomic mass is 9.96. The van der Waals surface area contributed by atoms with Gasteiger partial charge in [-0.25, -0.2) is 0 Å². The highest BCUT2D eigenvalue weighted by Gasteiger charge is 2.26. The van der Waals surface area contributed by atoms with Gasteiger partial charge in [-0.3, -0.25) is 9.59 Å². The van der Waals surface area contributed by atoms with Crippen molar-refractivity contribution in [2.45, 2.75) is 19.8 Å². The first kappa shape index (κ1) is 20.3. The van der Waals surface area contributed by atoms with Gasteiger partial charge >= 0.3 is 0 Å². The molecular weight excluding hydrogens is 330 g/mol. The van der Waals surface area contributed by atoms with Gasteiger partial charge in [0.15, 0.2) is 0 Å². The molecule has 1 aliphatic rings. The van der Waals surface area contributed by atoms with Gasteiger partial charge in [0.2, 0.25) is 11.8 Å². The number of nitrogens with zero attached hydrogens (tertiary/aromatic N) is 1. The second kappa shape index (κ2) is 10.2. The van der Waals surface area contributed by atoms with Crippen LogP contribution < -0.4 is 15.4 Å². The van der Waals surface area contributed by atoms with Gasteiger partial charge in [-0.15, -0.1) is 12.4 Å². The fraction of sp³-hybridized carbons (Fsp3) is 0.529. The van der Waals surface area contributed by atoms with Crippen molar-refractivity contribution in [1.29, 1.82) is 0 Å². The topological polar surface area (TPSA) is 70.7 Å². The van der Waals surface area contributed by atoms with Gasteiger partial charge in [0.1, 0.15) is 5.75 Å². The number of amides is 2. The van der Waals surface area contributed by atoms with E-state index in [-0.39, 0.29) is 36.7 Å². The maximum absolute atomic E-state index is 12.5. The number of likely N-dealkylation sites (N-methyl/N-ethyl adjacent to an activating group) is 1. The van der Waals surface area contributed by atoms with Crippen LogP contribution in [0.5, 0.6) is 5.75 Å². The minimum atomic E-state index is -0.210. The molecule has 0 spiro atoms. The smallest absolute Gasteiger partial charge is 0.244 e. The van der Waals surface area contributed by atoms with Gasteiger partial charge in [-0.2, -0.15) is 0 Å². The minimum absolute atomic E-state index is 0. The molecule has 0 unspecified atom stereocenters. The summed E-state index contributed by atoms with van der Waals surface area (Å²) in [6, 6.07) is 7.23. The van der Waals surface area contributed by atoms with E-state index in [4.69, 9.17) is 4.74 Å². The number of para-hydroxylation sites is 2. The molecule has 24 heavy (non-hydrogen) atoms. The summed E-state index contributed by atoms with van der Waals surface area (Å²) < 4.78 is 5.22. The highest BCUT2D eigenvalue weighted by Crippen LogP contribution is 2.23. The lowest BCUT2D eigenvalue weighted by molar-refractivity contribution is -0.138. The van der Waals surface area contributed by atoms with E-state index in [1.54, 1.807) is 24.1 Å². The molecule has 0 aliphatic carbocycles. The average molecular weight is 356 g/mol. The molecule has 0 radical (unpaired) electrons. The van der Waals surface area contributed by atoms with Crippen LogP contribution in [0.3, 0.4) is 0 Å². The largest absolute Gasteiger partial charge is 0.495 e. The SMILES string of the molecule is CCN(CC(=O)Nc1ccccc1OC)C(=O)C1CCNCC1.Cl. The van der Waals surface area contributed by atoms with Crippen molar-refractivity contribution in [3.8, 4) is 5.75 Å². The molecule has 1 aliphatic heterocycles. The van der Waals surface area contributed by atoms with Gasteiger partial charge in [0.25, 0.3) is 0 Å². The van der Waals surface area contributed by atoms with Crippen LogP contribution in [-0.4, -0.2) is 50.0 Å². The van der Waals surface area contributed by atoms with E-state index in [0.29, 0.717) is 18.0 Å². The first-order chi connectivity index (χ1) is 11.2. The van der Waals surface area contributed by atoms with Crippen LogP contribution in [0.2, 0.25) is 0 Å². The second-order valence-electron chi connectivity index (χ2n) is 5.63. The number of hydrogen-bond donors (Lipinski definition) is 2. The Morgan fingerprint density at radius 3 is 2.58 bits per heavy atom. The number of benzene rings is 1. The Morgan fingerprint density at radius 1 is 1.29 bits per heavy atom. The van der Waals surface area contributed by atoms with Crippen molar-refractivity contribution in [2.24, 2.45) is 5.92 Å². The summed E-state index contributed by atoms with van der Waals surface area (Å²) in [5.74, 6) is 0.492. The van der Waals surface area contributed by atoms with E-state index < -0.39 is 0 Å². The molecule has 2 N–H and O–H groups in total. The number of rotatable bonds is 6. The molecule has 1 saturated heterocycles. The number of piperidine rings is 1. The molecule has 2 rings (SSSR count). The molecule has 1 aromatic rings. The summed E-state index contributed by atoms with van der Waals surface area (Å²) in [4.78, 5) is 26.4. The number of halogens is 1. The fourth-order valence-electron chi connectivity index (χ4n) is 2.78. The van der Waals surface area contributed by atoms with Crippen molar-refractivity contribution >= 4 is 29.9 Å². The zero-order valence-electron chi connectivity index (χ0n) is 14.2. The molecule has 6 nitrogen and oxygen atoms in total. The number of carbonyl (C=O) groups excluding carboxylic acids is 2. The Bertz CT molecular complexity index is 548. The fourth-order valence-corrected chi connectivity index (χ4v) is 2.78. The summed E-state index contributed by atoms with van der Waals surface area (Å²) in [7, 11) is 1.56. The zero-order valence-corrected chi connectivity index (χ0v) is 15.0. The maximum Gasteiger partial charge on any atom is 0.244 e. The Kier molecular flexibility index (Phi) is 8.57. The van der Waals surface area contributed by atoms with Crippen molar-refractivity contribution in [1.82, 2.24) is 10.2 Å². The Labute approximate surface area is 149 Å². The molecule has 0 bridgehead atoms. The third-order valence-corrected chi connectivity index (χ3v) is 4.10. The predicted molar refractivity (Wildman–Crippen MR) is 96.7 cm³/mol. The molecule has 0 saturated carbocycles. The van der Waals surface area contributed by atoms with Crippen LogP contribution in [0.4, 0.5) is 5.69 Å². The highest BCUT2D eigenvalue weighted by atomic mass is 35.5. The lowest BCUT2D eigenvalue weighted by Gasteiger charge is -2.28. The van der Waals surface area contributed by atoms with Crippen LogP contribution in [0, 0.1) is 5.92 Å². The number of anilines is 1. The van der Waals surface area contributed by atoms with Gasteiger partial charge in [-0.1, -0.05) is 12.1 Å². The summed E-state index contributed by atoms with van der Waals surface area (Å²) in [5, 5.41) is 6.06. The number of nitrogens with one attached hydrogen (secondary N) is 2. The minimum Gasteiger partial charge on any atom is -0.495 e. The third kappa shape index (κ3) is 5.39. The van der Waals surface area contributed by atoms with Crippen molar-refractivity contribution in [3.05, 3.63) is 24.3 Å². The summed E-state index contributed by atoms with van der Waals surface area (Å²) in [6.07, 6.45) is 1.67. The van der Waals surface area contributed by atoms with Gasteiger partial charge in [0.05, 0.1) is 19.3 Å². The van der Waals surface area contributed by atoms with E-state index in [0.717, 1.165) is 25.9 Å². The number of hydrogen-bond acceptors (Lipinski definition) is 4. The summed E-state index contributed by atoms with van der Waals surface area (Å²) in [5.41, 5.74) is 0.616. The maximum atomic E-state index is 12.5. The quantitative estimate of drug-likeness (QED) is 0.817. The normalized spacial score (nSPS) is 14.4. The summed E-state index contributed by atoms with van der Waals surface area (Å²) in [6.45, 7) is 4.22. The number of carbonyl (C=O) groups is 2. The van der Waals surface area contributed by atoms with Crippen molar-refractivity contribution < 1.29 is 14.3 Å². The van der Waals surface area contributed by atoms with Crippen LogP contribution in [0.1, 0.15) is 19.8 Å². The third-order valence-electron chi connectivity index (χ3n) is 4.10. The molecule has 1 heterocycles. The van der Waals surface area contributed by atoms with Crippen LogP contribution >= 0.6 is 12.4 Å². The monoisotopic (exact) mass is 355 g/mol. The van der Waals surface area contributed by atoms with Gasteiger partial charge in [0, 0.05) is 12.5 Å². The molecule has 0 aromatic heterocycles. The van der Waals surface area contributed by atoms with Crippen LogP contribution in [0.15, 0.2) is 24.3 Å². The second-order valence-corrected chi connectivity index (χ2v) is 5.63. The van der Waals surface area contributed by atoms with Gasteiger partial charge < -0.3 is 20.3 Å². The van der Waals surface area contributed by atoms with E-state index >= 15 is 0 Å². The predicted octanol–water partition coefficient (Wildman–Crippen LogP) is 1.90. The Balaban J connectivity index is 0.00000288. The zero-order chi connectivity index (χ0) is 16.7. The van der Waals surface area contributed by atoms with Crippen LogP contribution in [-0.2, 0) is 9.59 Å². The first-order valence-corrected chi connectivity index (χ1v) is 8.08.